The van der Waals surface area contributed by atoms with Crippen molar-refractivity contribution in [2.75, 3.05) is 19.0 Å². The summed E-state index contributed by atoms with van der Waals surface area (Å²) in [7, 11) is 1.57. The summed E-state index contributed by atoms with van der Waals surface area (Å²) < 4.78 is 10.7. The lowest BCUT2D eigenvalue weighted by molar-refractivity contribution is -0.139. The zero-order valence-corrected chi connectivity index (χ0v) is 12.9. The quantitative estimate of drug-likeness (QED) is 0.834. The third kappa shape index (κ3) is 3.93. The molecule has 0 spiro atoms. The van der Waals surface area contributed by atoms with E-state index in [0.29, 0.717) is 24.6 Å². The van der Waals surface area contributed by atoms with E-state index in [1.54, 1.807) is 13.3 Å². The van der Waals surface area contributed by atoms with Gasteiger partial charge in [-0.15, -0.1) is 0 Å². The molecule has 0 aliphatic carbocycles. The Bertz CT molecular complexity index is 454. The molecule has 0 radical (unpaired) electrons. The molecule has 112 valence electrons. The van der Waals surface area contributed by atoms with Crippen LogP contribution in [0.15, 0.2) is 12.3 Å². The van der Waals surface area contributed by atoms with Gasteiger partial charge in [-0.05, 0) is 33.3 Å². The van der Waals surface area contributed by atoms with Gasteiger partial charge in [0.15, 0.2) is 0 Å². The Morgan fingerprint density at radius 3 is 2.65 bits per heavy atom. The van der Waals surface area contributed by atoms with Gasteiger partial charge in [-0.2, -0.15) is 0 Å². The summed E-state index contributed by atoms with van der Waals surface area (Å²) in [5.41, 5.74) is 0.714. The van der Waals surface area contributed by atoms with Crippen molar-refractivity contribution in [3.8, 4) is 5.88 Å². The molecule has 1 aromatic heterocycles. The van der Waals surface area contributed by atoms with Crippen LogP contribution in [0.1, 0.15) is 39.2 Å². The summed E-state index contributed by atoms with van der Waals surface area (Å²) in [5, 5.41) is 2.86. The highest BCUT2D eigenvalue weighted by Crippen LogP contribution is 2.22. The molecule has 5 heteroatoms. The van der Waals surface area contributed by atoms with Gasteiger partial charge in [0, 0.05) is 12.2 Å². The van der Waals surface area contributed by atoms with Gasteiger partial charge in [-0.3, -0.25) is 4.79 Å². The molecule has 0 fully saturated rings. The molecule has 0 bridgehead atoms. The van der Waals surface area contributed by atoms with Crippen LogP contribution < -0.4 is 10.1 Å². The Hall–Kier alpha value is -1.62. The number of nitrogens with zero attached hydrogens (tertiary/aromatic N) is 1. The van der Waals surface area contributed by atoms with Gasteiger partial charge in [0.1, 0.15) is 5.60 Å². The maximum absolute atomic E-state index is 12.4. The van der Waals surface area contributed by atoms with Crippen molar-refractivity contribution in [2.45, 2.75) is 46.1 Å². The second kappa shape index (κ2) is 7.24. The maximum Gasteiger partial charge on any atom is 0.256 e. The predicted molar refractivity (Wildman–Crippen MR) is 79.1 cm³/mol. The number of hydrogen-bond donors (Lipinski definition) is 1. The third-order valence-electron chi connectivity index (χ3n) is 3.15. The molecule has 1 atom stereocenters. The highest BCUT2D eigenvalue weighted by molar-refractivity contribution is 5.97. The highest BCUT2D eigenvalue weighted by Gasteiger charge is 2.33. The Morgan fingerprint density at radius 2 is 2.15 bits per heavy atom. The Balaban J connectivity index is 2.85. The molecule has 1 aromatic rings. The Labute approximate surface area is 120 Å². The lowest BCUT2D eigenvalue weighted by Gasteiger charge is -2.27. The van der Waals surface area contributed by atoms with Crippen LogP contribution in [0.2, 0.25) is 0 Å². The number of rotatable bonds is 7. The van der Waals surface area contributed by atoms with E-state index in [4.69, 9.17) is 9.47 Å². The van der Waals surface area contributed by atoms with E-state index in [9.17, 15) is 4.79 Å². The third-order valence-corrected chi connectivity index (χ3v) is 3.15. The van der Waals surface area contributed by atoms with Crippen molar-refractivity contribution in [2.24, 2.45) is 0 Å². The standard InChI is InChI=1S/C15H24N2O3/c1-6-8-15(4,20-7-2)14(18)17-12-9-11(3)13(19-5)16-10-12/h9-10H,6-8H2,1-5H3,(H,17,18). The molecule has 0 saturated carbocycles. The monoisotopic (exact) mass is 280 g/mol. The van der Waals surface area contributed by atoms with Crippen LogP contribution in [0.3, 0.4) is 0 Å². The molecule has 1 unspecified atom stereocenters. The van der Waals surface area contributed by atoms with Crippen molar-refractivity contribution in [3.05, 3.63) is 17.8 Å². The van der Waals surface area contributed by atoms with Crippen molar-refractivity contribution in [1.82, 2.24) is 4.98 Å². The first-order valence-corrected chi connectivity index (χ1v) is 6.92. The summed E-state index contributed by atoms with van der Waals surface area (Å²) in [5.74, 6) is 0.414. The first kappa shape index (κ1) is 16.4. The molecule has 0 aliphatic rings. The number of aromatic nitrogens is 1. The van der Waals surface area contributed by atoms with Crippen LogP contribution in [0.25, 0.3) is 0 Å². The number of pyridine rings is 1. The molecule has 1 N–H and O–H groups in total. The summed E-state index contributed by atoms with van der Waals surface area (Å²) in [4.78, 5) is 16.5. The number of carbonyl (C=O) groups is 1. The van der Waals surface area contributed by atoms with Crippen LogP contribution in [0.5, 0.6) is 5.88 Å². The fraction of sp³-hybridized carbons (Fsp3) is 0.600. The Morgan fingerprint density at radius 1 is 1.45 bits per heavy atom. The first-order valence-electron chi connectivity index (χ1n) is 6.92. The number of anilines is 1. The lowest BCUT2D eigenvalue weighted by Crippen LogP contribution is -2.42. The van der Waals surface area contributed by atoms with Crippen molar-refractivity contribution in [3.63, 3.8) is 0 Å². The molecule has 5 nitrogen and oxygen atoms in total. The topological polar surface area (TPSA) is 60.5 Å². The molecule has 1 heterocycles. The average Bonchev–Trinajstić information content (AvgIpc) is 2.39. The number of aryl methyl sites for hydroxylation is 1. The number of nitrogens with one attached hydrogen (secondary N) is 1. The van der Waals surface area contributed by atoms with Gasteiger partial charge < -0.3 is 14.8 Å². The predicted octanol–water partition coefficient (Wildman–Crippen LogP) is 2.93. The molecular formula is C15H24N2O3. The minimum absolute atomic E-state index is 0.146. The van der Waals surface area contributed by atoms with Crippen molar-refractivity contribution < 1.29 is 14.3 Å². The van der Waals surface area contributed by atoms with E-state index in [1.807, 2.05) is 33.8 Å². The number of amides is 1. The second-order valence-electron chi connectivity index (χ2n) is 4.92. The summed E-state index contributed by atoms with van der Waals surface area (Å²) in [6.45, 7) is 8.13. The SMILES string of the molecule is CCCC(C)(OCC)C(=O)Nc1cnc(OC)c(C)c1. The van der Waals surface area contributed by atoms with Crippen LogP contribution in [-0.2, 0) is 9.53 Å². The van der Waals surface area contributed by atoms with Crippen molar-refractivity contribution >= 4 is 11.6 Å². The molecule has 0 aromatic carbocycles. The normalized spacial score (nSPS) is 13.7. The van der Waals surface area contributed by atoms with Gasteiger partial charge in [-0.25, -0.2) is 4.98 Å². The number of ether oxygens (including phenoxy) is 2. The molecule has 1 rings (SSSR count). The number of methoxy groups -OCH3 is 1. The highest BCUT2D eigenvalue weighted by atomic mass is 16.5. The first-order chi connectivity index (χ1) is 9.46. The van der Waals surface area contributed by atoms with Crippen LogP contribution in [-0.4, -0.2) is 30.2 Å². The van der Waals surface area contributed by atoms with Gasteiger partial charge in [0.2, 0.25) is 5.88 Å². The fourth-order valence-corrected chi connectivity index (χ4v) is 2.15. The molecule has 0 saturated heterocycles. The number of carbonyl (C=O) groups excluding carboxylic acids is 1. The fourth-order valence-electron chi connectivity index (χ4n) is 2.15. The van der Waals surface area contributed by atoms with E-state index >= 15 is 0 Å². The Kier molecular flexibility index (Phi) is 5.95. The minimum atomic E-state index is -0.808. The van der Waals surface area contributed by atoms with Gasteiger partial charge >= 0.3 is 0 Å². The van der Waals surface area contributed by atoms with Gasteiger partial charge in [-0.1, -0.05) is 13.3 Å². The molecule has 1 amide bonds. The molecule has 20 heavy (non-hydrogen) atoms. The van der Waals surface area contributed by atoms with Gasteiger partial charge in [0.05, 0.1) is 19.0 Å². The van der Waals surface area contributed by atoms with Crippen molar-refractivity contribution in [1.29, 1.82) is 0 Å². The van der Waals surface area contributed by atoms with Crippen LogP contribution >= 0.6 is 0 Å². The maximum atomic E-state index is 12.4. The summed E-state index contributed by atoms with van der Waals surface area (Å²) >= 11 is 0. The molecule has 0 aliphatic heterocycles. The van der Waals surface area contributed by atoms with Crippen LogP contribution in [0, 0.1) is 6.92 Å². The second-order valence-corrected chi connectivity index (χ2v) is 4.92. The van der Waals surface area contributed by atoms with E-state index in [1.165, 1.54) is 0 Å². The average molecular weight is 280 g/mol. The summed E-state index contributed by atoms with van der Waals surface area (Å²) in [6.07, 6.45) is 3.14. The smallest absolute Gasteiger partial charge is 0.256 e. The van der Waals surface area contributed by atoms with E-state index in [2.05, 4.69) is 10.3 Å². The minimum Gasteiger partial charge on any atom is -0.481 e. The van der Waals surface area contributed by atoms with E-state index < -0.39 is 5.60 Å². The number of hydrogen-bond acceptors (Lipinski definition) is 4. The van der Waals surface area contributed by atoms with Crippen LogP contribution in [0.4, 0.5) is 5.69 Å². The zero-order valence-electron chi connectivity index (χ0n) is 12.9. The molecular weight excluding hydrogens is 256 g/mol. The van der Waals surface area contributed by atoms with Gasteiger partial charge in [0.25, 0.3) is 5.91 Å². The lowest BCUT2D eigenvalue weighted by atomic mass is 9.99. The van der Waals surface area contributed by atoms with E-state index in [-0.39, 0.29) is 5.91 Å². The summed E-state index contributed by atoms with van der Waals surface area (Å²) in [6, 6.07) is 1.84. The largest absolute Gasteiger partial charge is 0.481 e. The zero-order chi connectivity index (χ0) is 15.2. The van der Waals surface area contributed by atoms with E-state index in [0.717, 1.165) is 12.0 Å².